The second kappa shape index (κ2) is 4.77. The van der Waals surface area contributed by atoms with Gasteiger partial charge in [-0.1, -0.05) is 20.8 Å². The number of hydrogen-bond acceptors (Lipinski definition) is 3. The Morgan fingerprint density at radius 1 is 1.37 bits per heavy atom. The van der Waals surface area contributed by atoms with Crippen molar-refractivity contribution < 1.29 is 0 Å². The summed E-state index contributed by atoms with van der Waals surface area (Å²) in [7, 11) is 0. The van der Waals surface area contributed by atoms with Crippen LogP contribution in [0, 0.1) is 11.3 Å². The topological polar surface area (TPSA) is 41.9 Å². The molecule has 3 rings (SSSR count). The number of rotatable bonds is 1. The van der Waals surface area contributed by atoms with Crippen molar-refractivity contribution >= 4 is 21.7 Å². The normalized spacial score (nSPS) is 26.5. The van der Waals surface area contributed by atoms with Crippen LogP contribution in [-0.2, 0) is 6.42 Å². The first-order valence-corrected chi connectivity index (χ1v) is 7.96. The van der Waals surface area contributed by atoms with Gasteiger partial charge in [0.15, 0.2) is 0 Å². The van der Waals surface area contributed by atoms with Crippen LogP contribution in [0.4, 0.5) is 5.82 Å². The van der Waals surface area contributed by atoms with E-state index in [1.54, 1.807) is 0 Å². The standard InChI is InChI=1S/C14H23BrN4/c1-14(2,3)6-10-12(15)13-17-8-9-7-16-5-4-11(9)19(13)18-10/h9,11,16-17H,4-8H2,1-3H3. The van der Waals surface area contributed by atoms with Gasteiger partial charge in [-0.25, -0.2) is 4.68 Å². The Kier molecular flexibility index (Phi) is 3.38. The molecular formula is C14H23BrN4. The molecule has 0 amide bonds. The van der Waals surface area contributed by atoms with Crippen LogP contribution in [0.25, 0.3) is 0 Å². The molecule has 5 heteroatoms. The first-order chi connectivity index (χ1) is 8.96. The number of fused-ring (bicyclic) bond motifs is 3. The second-order valence-electron chi connectivity index (χ2n) is 6.99. The van der Waals surface area contributed by atoms with Gasteiger partial charge in [0.1, 0.15) is 5.82 Å². The summed E-state index contributed by atoms with van der Waals surface area (Å²) in [5.74, 6) is 1.85. The van der Waals surface area contributed by atoms with E-state index in [0.717, 1.165) is 26.1 Å². The van der Waals surface area contributed by atoms with E-state index in [9.17, 15) is 0 Å². The molecule has 1 saturated heterocycles. The molecule has 0 saturated carbocycles. The fourth-order valence-electron chi connectivity index (χ4n) is 3.14. The fourth-order valence-corrected chi connectivity index (χ4v) is 3.68. The van der Waals surface area contributed by atoms with Crippen LogP contribution in [-0.4, -0.2) is 29.4 Å². The van der Waals surface area contributed by atoms with Gasteiger partial charge in [0, 0.05) is 19.0 Å². The number of halogens is 1. The van der Waals surface area contributed by atoms with E-state index in [-0.39, 0.29) is 5.41 Å². The Balaban J connectivity index is 1.94. The summed E-state index contributed by atoms with van der Waals surface area (Å²) in [6.45, 7) is 10.0. The molecule has 0 aliphatic carbocycles. The van der Waals surface area contributed by atoms with Gasteiger partial charge < -0.3 is 10.6 Å². The van der Waals surface area contributed by atoms with Crippen molar-refractivity contribution in [3.63, 3.8) is 0 Å². The highest BCUT2D eigenvalue weighted by Crippen LogP contribution is 2.39. The fraction of sp³-hybridized carbons (Fsp3) is 0.786. The SMILES string of the molecule is CC(C)(C)Cc1nn2c(c1Br)NCC1CNCCC12. The number of nitrogens with one attached hydrogen (secondary N) is 2. The van der Waals surface area contributed by atoms with Gasteiger partial charge in [0.05, 0.1) is 16.2 Å². The van der Waals surface area contributed by atoms with Crippen LogP contribution in [0.1, 0.15) is 38.9 Å². The zero-order chi connectivity index (χ0) is 13.6. The Morgan fingerprint density at radius 3 is 2.89 bits per heavy atom. The van der Waals surface area contributed by atoms with E-state index in [1.807, 2.05) is 0 Å². The number of piperidine rings is 1. The van der Waals surface area contributed by atoms with Crippen molar-refractivity contribution in [2.75, 3.05) is 25.0 Å². The van der Waals surface area contributed by atoms with Gasteiger partial charge in [0.2, 0.25) is 0 Å². The van der Waals surface area contributed by atoms with Crippen LogP contribution in [0.2, 0.25) is 0 Å². The van der Waals surface area contributed by atoms with E-state index in [2.05, 4.69) is 52.0 Å². The molecular weight excluding hydrogens is 304 g/mol. The Hall–Kier alpha value is -0.550. The van der Waals surface area contributed by atoms with Crippen molar-refractivity contribution in [3.8, 4) is 0 Å². The van der Waals surface area contributed by atoms with E-state index in [4.69, 9.17) is 5.10 Å². The first-order valence-electron chi connectivity index (χ1n) is 7.17. The number of aromatic nitrogens is 2. The Morgan fingerprint density at radius 2 is 2.16 bits per heavy atom. The predicted octanol–water partition coefficient (Wildman–Crippen LogP) is 2.81. The smallest absolute Gasteiger partial charge is 0.139 e. The van der Waals surface area contributed by atoms with E-state index >= 15 is 0 Å². The average molecular weight is 327 g/mol. The summed E-state index contributed by atoms with van der Waals surface area (Å²) >= 11 is 3.74. The molecule has 2 unspecified atom stereocenters. The van der Waals surface area contributed by atoms with Crippen molar-refractivity contribution in [1.82, 2.24) is 15.1 Å². The maximum Gasteiger partial charge on any atom is 0.139 e. The summed E-state index contributed by atoms with van der Waals surface area (Å²) in [5, 5.41) is 11.9. The first kappa shape index (κ1) is 13.4. The minimum atomic E-state index is 0.264. The number of hydrogen-bond donors (Lipinski definition) is 2. The Bertz CT molecular complexity index is 475. The van der Waals surface area contributed by atoms with Gasteiger partial charge in [0.25, 0.3) is 0 Å². The van der Waals surface area contributed by atoms with E-state index < -0.39 is 0 Å². The molecule has 1 aromatic heterocycles. The van der Waals surface area contributed by atoms with Crippen molar-refractivity contribution in [3.05, 3.63) is 10.2 Å². The van der Waals surface area contributed by atoms with Crippen LogP contribution in [0.3, 0.4) is 0 Å². The third-order valence-electron chi connectivity index (χ3n) is 4.03. The lowest BCUT2D eigenvalue weighted by Gasteiger charge is -2.37. The van der Waals surface area contributed by atoms with Gasteiger partial charge >= 0.3 is 0 Å². The molecule has 0 radical (unpaired) electrons. The van der Waals surface area contributed by atoms with Crippen LogP contribution >= 0.6 is 15.9 Å². The van der Waals surface area contributed by atoms with Crippen LogP contribution < -0.4 is 10.6 Å². The third kappa shape index (κ3) is 2.55. The molecule has 2 aliphatic heterocycles. The molecule has 2 N–H and O–H groups in total. The monoisotopic (exact) mass is 326 g/mol. The minimum absolute atomic E-state index is 0.264. The molecule has 1 fully saturated rings. The minimum Gasteiger partial charge on any atom is -0.369 e. The van der Waals surface area contributed by atoms with Crippen molar-refractivity contribution in [1.29, 1.82) is 0 Å². The van der Waals surface area contributed by atoms with E-state index in [1.165, 1.54) is 22.4 Å². The highest BCUT2D eigenvalue weighted by molar-refractivity contribution is 9.10. The van der Waals surface area contributed by atoms with Crippen LogP contribution in [0.15, 0.2) is 4.47 Å². The van der Waals surface area contributed by atoms with E-state index in [0.29, 0.717) is 12.0 Å². The molecule has 3 heterocycles. The molecule has 106 valence electrons. The Labute approximate surface area is 123 Å². The predicted molar refractivity (Wildman–Crippen MR) is 81.6 cm³/mol. The molecule has 2 aliphatic rings. The molecule has 0 aromatic carbocycles. The zero-order valence-corrected chi connectivity index (χ0v) is 13.5. The molecule has 0 spiro atoms. The molecule has 19 heavy (non-hydrogen) atoms. The highest BCUT2D eigenvalue weighted by atomic mass is 79.9. The molecule has 0 bridgehead atoms. The molecule has 4 nitrogen and oxygen atoms in total. The lowest BCUT2D eigenvalue weighted by Crippen LogP contribution is -2.44. The zero-order valence-electron chi connectivity index (χ0n) is 12.0. The van der Waals surface area contributed by atoms with Gasteiger partial charge in [-0.3, -0.25) is 0 Å². The molecule has 1 aromatic rings. The number of anilines is 1. The maximum absolute atomic E-state index is 4.90. The quantitative estimate of drug-likeness (QED) is 0.833. The van der Waals surface area contributed by atoms with Crippen molar-refractivity contribution in [2.45, 2.75) is 39.7 Å². The average Bonchev–Trinajstić information content (AvgIpc) is 2.65. The lowest BCUT2D eigenvalue weighted by atomic mass is 9.90. The second-order valence-corrected chi connectivity index (χ2v) is 7.79. The summed E-state index contributed by atoms with van der Waals surface area (Å²) in [4.78, 5) is 0. The summed E-state index contributed by atoms with van der Waals surface area (Å²) in [5.41, 5.74) is 1.45. The van der Waals surface area contributed by atoms with Gasteiger partial charge in [-0.15, -0.1) is 0 Å². The van der Waals surface area contributed by atoms with Crippen LogP contribution in [0.5, 0.6) is 0 Å². The van der Waals surface area contributed by atoms with Gasteiger partial charge in [-0.05, 0) is 40.7 Å². The highest BCUT2D eigenvalue weighted by Gasteiger charge is 2.34. The largest absolute Gasteiger partial charge is 0.369 e. The summed E-state index contributed by atoms with van der Waals surface area (Å²) in [6, 6.07) is 0.558. The summed E-state index contributed by atoms with van der Waals surface area (Å²) < 4.78 is 3.40. The number of nitrogens with zero attached hydrogens (tertiary/aromatic N) is 2. The van der Waals surface area contributed by atoms with Gasteiger partial charge in [-0.2, -0.15) is 5.10 Å². The van der Waals surface area contributed by atoms with Crippen molar-refractivity contribution in [2.24, 2.45) is 11.3 Å². The summed E-state index contributed by atoms with van der Waals surface area (Å²) in [6.07, 6.45) is 2.19. The molecule has 2 atom stereocenters. The maximum atomic E-state index is 4.90. The lowest BCUT2D eigenvalue weighted by molar-refractivity contribution is 0.236. The third-order valence-corrected chi connectivity index (χ3v) is 4.86.